The maximum atomic E-state index is 13.0. The van der Waals surface area contributed by atoms with Crippen molar-refractivity contribution in [1.82, 2.24) is 4.90 Å². The van der Waals surface area contributed by atoms with Gasteiger partial charge in [0, 0.05) is 18.2 Å². The molecule has 0 N–H and O–H groups in total. The van der Waals surface area contributed by atoms with Crippen LogP contribution in [0.15, 0.2) is 68.9 Å². The molecule has 2 aromatic carbocycles. The number of furan rings is 1. The van der Waals surface area contributed by atoms with Crippen LogP contribution < -0.4 is 0 Å². The fourth-order valence-electron chi connectivity index (χ4n) is 3.41. The van der Waals surface area contributed by atoms with Gasteiger partial charge in [0.25, 0.3) is 5.91 Å². The molecule has 1 amide bonds. The number of hydrogen-bond donors (Lipinski definition) is 0. The van der Waals surface area contributed by atoms with Gasteiger partial charge in [0.2, 0.25) is 0 Å². The van der Waals surface area contributed by atoms with Gasteiger partial charge in [0.1, 0.15) is 11.5 Å². The molecule has 33 heavy (non-hydrogen) atoms. The molecule has 1 aliphatic rings. The third-order valence-electron chi connectivity index (χ3n) is 5.39. The number of ether oxygens (including phenoxy) is 1. The standard InChI is InChI=1S/C26H24N2O4S/c1-5-28-24(29)23(33-26(28)27-20-10-9-16(2)17(3)13-20)15-21-11-12-22(32-21)18-7-6-8-19(14-18)25(30)31-4/h6-15H,5H2,1-4H3/b23-15+,27-26?. The number of rotatable bonds is 5. The minimum absolute atomic E-state index is 0.101. The number of esters is 1. The zero-order valence-electron chi connectivity index (χ0n) is 18.9. The lowest BCUT2D eigenvalue weighted by Crippen LogP contribution is -2.28. The van der Waals surface area contributed by atoms with E-state index < -0.39 is 5.97 Å². The van der Waals surface area contributed by atoms with Crippen LogP contribution in [-0.4, -0.2) is 35.6 Å². The van der Waals surface area contributed by atoms with Crippen molar-refractivity contribution >= 4 is 40.6 Å². The number of amidine groups is 1. The maximum absolute atomic E-state index is 13.0. The molecule has 0 atom stereocenters. The molecular formula is C26H24N2O4S. The lowest BCUT2D eigenvalue weighted by molar-refractivity contribution is -0.122. The quantitative estimate of drug-likeness (QED) is 0.346. The molecular weight excluding hydrogens is 436 g/mol. The van der Waals surface area contributed by atoms with E-state index in [-0.39, 0.29) is 5.91 Å². The normalized spacial score (nSPS) is 16.1. The second kappa shape index (κ2) is 9.50. The molecule has 0 radical (unpaired) electrons. The van der Waals surface area contributed by atoms with Gasteiger partial charge in [-0.1, -0.05) is 18.2 Å². The number of benzene rings is 2. The number of nitrogens with zero attached hydrogens (tertiary/aromatic N) is 2. The zero-order valence-corrected chi connectivity index (χ0v) is 19.7. The lowest BCUT2D eigenvalue weighted by atomic mass is 10.1. The number of aryl methyl sites for hydroxylation is 2. The van der Waals surface area contributed by atoms with Crippen LogP contribution in [-0.2, 0) is 9.53 Å². The van der Waals surface area contributed by atoms with E-state index in [4.69, 9.17) is 14.1 Å². The maximum Gasteiger partial charge on any atom is 0.337 e. The van der Waals surface area contributed by atoms with E-state index in [1.165, 1.54) is 24.4 Å². The van der Waals surface area contributed by atoms with Crippen molar-refractivity contribution in [2.24, 2.45) is 4.99 Å². The topological polar surface area (TPSA) is 72.1 Å². The van der Waals surface area contributed by atoms with E-state index in [0.29, 0.717) is 33.7 Å². The van der Waals surface area contributed by atoms with Crippen molar-refractivity contribution in [1.29, 1.82) is 0 Å². The summed E-state index contributed by atoms with van der Waals surface area (Å²) >= 11 is 1.33. The number of methoxy groups -OCH3 is 1. The van der Waals surface area contributed by atoms with Gasteiger partial charge in [-0.05, 0) is 80.1 Å². The average molecular weight is 461 g/mol. The lowest BCUT2D eigenvalue weighted by Gasteiger charge is -2.12. The summed E-state index contributed by atoms with van der Waals surface area (Å²) < 4.78 is 10.7. The zero-order chi connectivity index (χ0) is 23.5. The van der Waals surface area contributed by atoms with Crippen molar-refractivity contribution in [3.05, 3.63) is 82.0 Å². The number of carbonyl (C=O) groups excluding carboxylic acids is 2. The highest BCUT2D eigenvalue weighted by Gasteiger charge is 2.32. The number of thioether (sulfide) groups is 1. The van der Waals surface area contributed by atoms with E-state index in [0.717, 1.165) is 16.8 Å². The minimum Gasteiger partial charge on any atom is -0.465 e. The molecule has 4 rings (SSSR count). The van der Waals surface area contributed by atoms with Gasteiger partial charge in [0.15, 0.2) is 5.17 Å². The summed E-state index contributed by atoms with van der Waals surface area (Å²) in [5.41, 5.74) is 4.37. The van der Waals surface area contributed by atoms with Crippen molar-refractivity contribution in [3.63, 3.8) is 0 Å². The summed E-state index contributed by atoms with van der Waals surface area (Å²) in [6.45, 7) is 6.56. The van der Waals surface area contributed by atoms with Crippen LogP contribution in [0.3, 0.4) is 0 Å². The van der Waals surface area contributed by atoms with E-state index in [9.17, 15) is 9.59 Å². The van der Waals surface area contributed by atoms with Crippen LogP contribution in [0, 0.1) is 13.8 Å². The predicted molar refractivity (Wildman–Crippen MR) is 131 cm³/mol. The first kappa shape index (κ1) is 22.6. The monoisotopic (exact) mass is 460 g/mol. The molecule has 168 valence electrons. The summed E-state index contributed by atoms with van der Waals surface area (Å²) in [6, 6.07) is 16.6. The van der Waals surface area contributed by atoms with Gasteiger partial charge >= 0.3 is 5.97 Å². The summed E-state index contributed by atoms with van der Waals surface area (Å²) in [7, 11) is 1.35. The summed E-state index contributed by atoms with van der Waals surface area (Å²) in [5.74, 6) is 0.636. The van der Waals surface area contributed by atoms with Gasteiger partial charge in [-0.3, -0.25) is 9.69 Å². The highest BCUT2D eigenvalue weighted by atomic mass is 32.2. The SMILES string of the molecule is CCN1C(=O)/C(=C\c2ccc(-c3cccc(C(=O)OC)c3)o2)SC1=Nc1ccc(C)c(C)c1. The number of likely N-dealkylation sites (N-methyl/N-ethyl adjacent to an activating group) is 1. The largest absolute Gasteiger partial charge is 0.465 e. The Kier molecular flexibility index (Phi) is 6.51. The Bertz CT molecular complexity index is 1290. The summed E-state index contributed by atoms with van der Waals surface area (Å²) in [4.78, 5) is 31.7. The van der Waals surface area contributed by atoms with Crippen molar-refractivity contribution in [2.75, 3.05) is 13.7 Å². The Balaban J connectivity index is 1.60. The minimum atomic E-state index is -0.408. The predicted octanol–water partition coefficient (Wildman–Crippen LogP) is 5.97. The molecule has 0 bridgehead atoms. The molecule has 0 unspecified atom stereocenters. The van der Waals surface area contributed by atoms with Gasteiger partial charge < -0.3 is 9.15 Å². The fourth-order valence-corrected chi connectivity index (χ4v) is 4.45. The second-order valence-electron chi connectivity index (χ2n) is 7.60. The average Bonchev–Trinajstić information content (AvgIpc) is 3.40. The molecule has 6 nitrogen and oxygen atoms in total. The molecule has 3 aromatic rings. The van der Waals surface area contributed by atoms with E-state index >= 15 is 0 Å². The van der Waals surface area contributed by atoms with E-state index in [1.807, 2.05) is 44.2 Å². The fraction of sp³-hybridized carbons (Fsp3) is 0.192. The highest BCUT2D eigenvalue weighted by molar-refractivity contribution is 8.18. The number of hydrogen-bond acceptors (Lipinski definition) is 6. The highest BCUT2D eigenvalue weighted by Crippen LogP contribution is 2.35. The van der Waals surface area contributed by atoms with Crippen molar-refractivity contribution in [2.45, 2.75) is 20.8 Å². The van der Waals surface area contributed by atoms with Crippen LogP contribution in [0.5, 0.6) is 0 Å². The molecule has 0 saturated carbocycles. The number of amides is 1. The van der Waals surface area contributed by atoms with Crippen molar-refractivity contribution < 1.29 is 18.7 Å². The first-order valence-electron chi connectivity index (χ1n) is 10.6. The Morgan fingerprint density at radius 2 is 1.94 bits per heavy atom. The third kappa shape index (κ3) is 4.78. The van der Waals surface area contributed by atoms with E-state index in [1.54, 1.807) is 35.2 Å². The molecule has 1 fully saturated rings. The summed E-state index contributed by atoms with van der Waals surface area (Å²) in [5, 5.41) is 0.648. The Morgan fingerprint density at radius 1 is 1.12 bits per heavy atom. The molecule has 0 aliphatic carbocycles. The molecule has 0 spiro atoms. The van der Waals surface area contributed by atoms with Crippen LogP contribution in [0.1, 0.15) is 34.2 Å². The molecule has 2 heterocycles. The molecule has 1 saturated heterocycles. The van der Waals surface area contributed by atoms with Crippen LogP contribution in [0.25, 0.3) is 17.4 Å². The molecule has 1 aliphatic heterocycles. The van der Waals surface area contributed by atoms with Gasteiger partial charge in [-0.2, -0.15) is 0 Å². The second-order valence-corrected chi connectivity index (χ2v) is 8.61. The third-order valence-corrected chi connectivity index (χ3v) is 6.39. The van der Waals surface area contributed by atoms with Crippen molar-refractivity contribution in [3.8, 4) is 11.3 Å². The van der Waals surface area contributed by atoms with Crippen LogP contribution >= 0.6 is 11.8 Å². The van der Waals surface area contributed by atoms with Gasteiger partial charge in [0.05, 0.1) is 23.3 Å². The molecule has 7 heteroatoms. The Hall–Kier alpha value is -3.58. The summed E-state index contributed by atoms with van der Waals surface area (Å²) in [6.07, 6.45) is 1.73. The van der Waals surface area contributed by atoms with E-state index in [2.05, 4.69) is 6.92 Å². The Morgan fingerprint density at radius 3 is 2.67 bits per heavy atom. The number of carbonyl (C=O) groups is 2. The van der Waals surface area contributed by atoms with Gasteiger partial charge in [-0.25, -0.2) is 9.79 Å². The Labute approximate surface area is 197 Å². The first-order valence-corrected chi connectivity index (χ1v) is 11.4. The van der Waals surface area contributed by atoms with Crippen LogP contribution in [0.4, 0.5) is 5.69 Å². The van der Waals surface area contributed by atoms with Gasteiger partial charge in [-0.15, -0.1) is 0 Å². The van der Waals surface area contributed by atoms with Crippen LogP contribution in [0.2, 0.25) is 0 Å². The smallest absolute Gasteiger partial charge is 0.337 e. The number of aliphatic imine (C=N–C) groups is 1. The first-order chi connectivity index (χ1) is 15.9. The molecule has 1 aromatic heterocycles.